The van der Waals surface area contributed by atoms with E-state index in [4.69, 9.17) is 10.4 Å². The molecule has 1 saturated carbocycles. The van der Waals surface area contributed by atoms with Crippen LogP contribution in [0.15, 0.2) is 18.2 Å². The lowest BCUT2D eigenvalue weighted by molar-refractivity contribution is -0.141. The first-order valence-corrected chi connectivity index (χ1v) is 6.10. The van der Waals surface area contributed by atoms with Gasteiger partial charge in [-0.15, -0.1) is 0 Å². The van der Waals surface area contributed by atoms with Gasteiger partial charge < -0.3 is 10.4 Å². The third kappa shape index (κ3) is 2.62. The zero-order valence-corrected chi connectivity index (χ0v) is 10.3. The van der Waals surface area contributed by atoms with E-state index in [1.54, 1.807) is 6.07 Å². The normalized spacial score (nSPS) is 22.4. The molecule has 2 N–H and O–H groups in total. The van der Waals surface area contributed by atoms with Gasteiger partial charge >= 0.3 is 5.97 Å². The number of aliphatic carboxylic acids is 1. The highest BCUT2D eigenvalue weighted by Gasteiger charge is 2.29. The minimum absolute atomic E-state index is 0.153. The Morgan fingerprint density at radius 1 is 1.50 bits per heavy atom. The van der Waals surface area contributed by atoms with Crippen LogP contribution < -0.4 is 5.32 Å². The molecule has 0 spiro atoms. The predicted octanol–water partition coefficient (Wildman–Crippen LogP) is 2.53. The number of rotatable bonds is 3. The molecule has 2 rings (SSSR count). The van der Waals surface area contributed by atoms with E-state index in [9.17, 15) is 4.79 Å². The molecule has 4 nitrogen and oxygen atoms in total. The highest BCUT2D eigenvalue weighted by molar-refractivity contribution is 5.70. The summed E-state index contributed by atoms with van der Waals surface area (Å²) in [4.78, 5) is 10.9. The summed E-state index contributed by atoms with van der Waals surface area (Å²) in [5, 5.41) is 21.3. The van der Waals surface area contributed by atoms with Gasteiger partial charge in [0.1, 0.15) is 6.07 Å². The van der Waals surface area contributed by atoms with Crippen molar-refractivity contribution in [1.82, 2.24) is 0 Å². The van der Waals surface area contributed by atoms with Crippen LogP contribution in [-0.2, 0) is 4.79 Å². The van der Waals surface area contributed by atoms with Crippen molar-refractivity contribution in [3.8, 4) is 6.07 Å². The van der Waals surface area contributed by atoms with E-state index in [0.717, 1.165) is 17.7 Å². The van der Waals surface area contributed by atoms with Gasteiger partial charge in [0.25, 0.3) is 0 Å². The molecular weight excluding hydrogens is 228 g/mol. The largest absolute Gasteiger partial charge is 0.481 e. The zero-order valence-electron chi connectivity index (χ0n) is 10.3. The van der Waals surface area contributed by atoms with Gasteiger partial charge in [-0.1, -0.05) is 6.07 Å². The quantitative estimate of drug-likeness (QED) is 0.857. The first kappa shape index (κ1) is 12.4. The number of nitrogens with one attached hydrogen (secondary N) is 1. The maximum absolute atomic E-state index is 10.9. The van der Waals surface area contributed by atoms with E-state index in [1.165, 1.54) is 0 Å². The third-order valence-electron chi connectivity index (χ3n) is 3.44. The first-order valence-electron chi connectivity index (χ1n) is 6.10. The summed E-state index contributed by atoms with van der Waals surface area (Å²) in [5.41, 5.74) is 2.51. The second-order valence-electron chi connectivity index (χ2n) is 4.85. The smallest absolute Gasteiger partial charge is 0.306 e. The van der Waals surface area contributed by atoms with Gasteiger partial charge in [-0.2, -0.15) is 5.26 Å². The lowest BCUT2D eigenvalue weighted by atomic mass is 10.1. The summed E-state index contributed by atoms with van der Waals surface area (Å²) in [6, 6.07) is 7.94. The average Bonchev–Trinajstić information content (AvgIpc) is 2.78. The minimum atomic E-state index is -0.718. The number of carboxylic acid groups (broad SMARTS) is 1. The number of nitrogens with zero attached hydrogens (tertiary/aromatic N) is 1. The molecule has 2 atom stereocenters. The van der Waals surface area contributed by atoms with Gasteiger partial charge in [-0.25, -0.2) is 0 Å². The third-order valence-corrected chi connectivity index (χ3v) is 3.44. The average molecular weight is 244 g/mol. The lowest BCUT2D eigenvalue weighted by Crippen LogP contribution is -2.18. The van der Waals surface area contributed by atoms with E-state index in [2.05, 4.69) is 11.4 Å². The molecule has 4 heteroatoms. The van der Waals surface area contributed by atoms with E-state index in [0.29, 0.717) is 18.4 Å². The van der Waals surface area contributed by atoms with Crippen molar-refractivity contribution in [2.24, 2.45) is 5.92 Å². The van der Waals surface area contributed by atoms with Gasteiger partial charge in [0, 0.05) is 6.04 Å². The Bertz CT molecular complexity index is 505. The molecule has 0 heterocycles. The fraction of sp³-hybridized carbons (Fsp3) is 0.429. The van der Waals surface area contributed by atoms with Crippen LogP contribution in [0.5, 0.6) is 0 Å². The molecule has 0 aliphatic heterocycles. The van der Waals surface area contributed by atoms with Gasteiger partial charge in [-0.3, -0.25) is 4.79 Å². The van der Waals surface area contributed by atoms with Crippen molar-refractivity contribution in [1.29, 1.82) is 5.26 Å². The Labute approximate surface area is 106 Å². The molecule has 1 aliphatic carbocycles. The van der Waals surface area contributed by atoms with Gasteiger partial charge in [0.05, 0.1) is 17.2 Å². The second kappa shape index (κ2) is 5.09. The fourth-order valence-electron chi connectivity index (χ4n) is 2.43. The molecule has 18 heavy (non-hydrogen) atoms. The van der Waals surface area contributed by atoms with Crippen LogP contribution in [-0.4, -0.2) is 17.1 Å². The Kier molecular flexibility index (Phi) is 3.52. The van der Waals surface area contributed by atoms with Crippen LogP contribution in [0.1, 0.15) is 30.4 Å². The van der Waals surface area contributed by atoms with Crippen molar-refractivity contribution in [2.75, 3.05) is 5.32 Å². The molecular formula is C14H16N2O2. The first-order chi connectivity index (χ1) is 8.60. The number of carbonyl (C=O) groups is 1. The highest BCUT2D eigenvalue weighted by atomic mass is 16.4. The van der Waals surface area contributed by atoms with Crippen LogP contribution in [0.4, 0.5) is 5.69 Å². The number of nitriles is 1. The Balaban J connectivity index is 2.09. The van der Waals surface area contributed by atoms with E-state index in [-0.39, 0.29) is 12.0 Å². The number of aryl methyl sites for hydroxylation is 1. The topological polar surface area (TPSA) is 73.1 Å². The van der Waals surface area contributed by atoms with Crippen LogP contribution in [0.2, 0.25) is 0 Å². The number of anilines is 1. The van der Waals surface area contributed by atoms with E-state index in [1.807, 2.05) is 19.1 Å². The van der Waals surface area contributed by atoms with E-state index < -0.39 is 5.97 Å². The summed E-state index contributed by atoms with van der Waals surface area (Å²) in [5.74, 6) is -0.970. The Hall–Kier alpha value is -2.02. The lowest BCUT2D eigenvalue weighted by Gasteiger charge is -2.15. The molecule has 1 fully saturated rings. The maximum Gasteiger partial charge on any atom is 0.306 e. The summed E-state index contributed by atoms with van der Waals surface area (Å²) >= 11 is 0. The van der Waals surface area contributed by atoms with Crippen LogP contribution >= 0.6 is 0 Å². The molecule has 2 unspecified atom stereocenters. The van der Waals surface area contributed by atoms with Gasteiger partial charge in [-0.05, 0) is 43.9 Å². The standard InChI is InChI=1S/C14H16N2O2/c1-9-2-3-11(8-15)13(6-9)16-12-5-4-10(7-12)14(17)18/h2-3,6,10,12,16H,4-5,7H2,1H3,(H,17,18). The molecule has 0 bridgehead atoms. The molecule has 94 valence electrons. The van der Waals surface area contributed by atoms with Crippen LogP contribution in [0.3, 0.4) is 0 Å². The van der Waals surface area contributed by atoms with Crippen LogP contribution in [0, 0.1) is 24.2 Å². The Morgan fingerprint density at radius 3 is 2.89 bits per heavy atom. The summed E-state index contributed by atoms with van der Waals surface area (Å²) in [6.07, 6.45) is 2.19. The number of carboxylic acids is 1. The molecule has 1 aromatic rings. The molecule has 0 amide bonds. The molecule has 1 aromatic carbocycles. The minimum Gasteiger partial charge on any atom is -0.481 e. The van der Waals surface area contributed by atoms with Crippen molar-refractivity contribution >= 4 is 11.7 Å². The van der Waals surface area contributed by atoms with Crippen molar-refractivity contribution in [3.05, 3.63) is 29.3 Å². The zero-order chi connectivity index (χ0) is 13.1. The Morgan fingerprint density at radius 2 is 2.28 bits per heavy atom. The summed E-state index contributed by atoms with van der Waals surface area (Å²) in [6.45, 7) is 1.97. The maximum atomic E-state index is 10.9. The SMILES string of the molecule is Cc1ccc(C#N)c(NC2CCC(C(=O)O)C2)c1. The fourth-order valence-corrected chi connectivity index (χ4v) is 2.43. The molecule has 0 radical (unpaired) electrons. The summed E-state index contributed by atoms with van der Waals surface area (Å²) in [7, 11) is 0. The van der Waals surface area contributed by atoms with Crippen molar-refractivity contribution in [2.45, 2.75) is 32.2 Å². The number of benzene rings is 1. The molecule has 1 aliphatic rings. The van der Waals surface area contributed by atoms with Crippen molar-refractivity contribution in [3.63, 3.8) is 0 Å². The highest BCUT2D eigenvalue weighted by Crippen LogP contribution is 2.29. The summed E-state index contributed by atoms with van der Waals surface area (Å²) < 4.78 is 0. The molecule has 0 saturated heterocycles. The monoisotopic (exact) mass is 244 g/mol. The van der Waals surface area contributed by atoms with Gasteiger partial charge in [0.2, 0.25) is 0 Å². The predicted molar refractivity (Wildman–Crippen MR) is 68.3 cm³/mol. The number of hydrogen-bond donors (Lipinski definition) is 2. The van der Waals surface area contributed by atoms with E-state index >= 15 is 0 Å². The van der Waals surface area contributed by atoms with Crippen LogP contribution in [0.25, 0.3) is 0 Å². The molecule has 0 aromatic heterocycles. The van der Waals surface area contributed by atoms with Gasteiger partial charge in [0.15, 0.2) is 0 Å². The van der Waals surface area contributed by atoms with Crippen molar-refractivity contribution < 1.29 is 9.90 Å². The second-order valence-corrected chi connectivity index (χ2v) is 4.85. The number of hydrogen-bond acceptors (Lipinski definition) is 3.